The Bertz CT molecular complexity index is 233. The maximum atomic E-state index is 11.1. The van der Waals surface area contributed by atoms with Gasteiger partial charge in [-0.1, -0.05) is 0 Å². The molecule has 1 fully saturated rings. The van der Waals surface area contributed by atoms with Crippen molar-refractivity contribution in [2.45, 2.75) is 58.0 Å². The Hall–Kier alpha value is -0.353. The van der Waals surface area contributed by atoms with E-state index < -0.39 is 8.32 Å². The third kappa shape index (κ3) is 3.10. The first-order valence-electron chi connectivity index (χ1n) is 5.20. The zero-order valence-electron chi connectivity index (χ0n) is 9.81. The van der Waals surface area contributed by atoms with Crippen LogP contribution in [0.4, 0.5) is 0 Å². The number of nitrogens with one attached hydrogen (secondary N) is 1. The highest BCUT2D eigenvalue weighted by Crippen LogP contribution is 2.26. The summed E-state index contributed by atoms with van der Waals surface area (Å²) in [4.78, 5) is 11.1. The van der Waals surface area contributed by atoms with Gasteiger partial charge < -0.3 is 9.74 Å². The van der Waals surface area contributed by atoms with Crippen LogP contribution in [0.25, 0.3) is 0 Å². The van der Waals surface area contributed by atoms with Crippen molar-refractivity contribution in [1.82, 2.24) is 5.32 Å². The Labute approximate surface area is 87.3 Å². The second kappa shape index (κ2) is 3.66. The molecule has 1 amide bonds. The number of hydrogen-bond donors (Lipinski definition) is 1. The Morgan fingerprint density at radius 1 is 1.43 bits per heavy atom. The number of rotatable bonds is 3. The van der Waals surface area contributed by atoms with Gasteiger partial charge in [0.25, 0.3) is 0 Å². The van der Waals surface area contributed by atoms with E-state index in [1.807, 2.05) is 0 Å². The van der Waals surface area contributed by atoms with Crippen LogP contribution < -0.4 is 5.32 Å². The summed E-state index contributed by atoms with van der Waals surface area (Å²) in [5.74, 6) is 0.155. The summed E-state index contributed by atoms with van der Waals surface area (Å²) in [6.45, 7) is 10.7. The van der Waals surface area contributed by atoms with E-state index in [2.05, 4.69) is 38.8 Å². The zero-order valence-corrected chi connectivity index (χ0v) is 10.8. The lowest BCUT2D eigenvalue weighted by Gasteiger charge is -2.37. The minimum atomic E-state index is -1.53. The van der Waals surface area contributed by atoms with E-state index in [9.17, 15) is 4.79 Å². The van der Waals surface area contributed by atoms with Crippen LogP contribution >= 0.6 is 0 Å². The summed E-state index contributed by atoms with van der Waals surface area (Å²) in [7, 11) is -1.53. The largest absolute Gasteiger partial charge is 0.411 e. The van der Waals surface area contributed by atoms with Crippen molar-refractivity contribution in [3.05, 3.63) is 0 Å². The van der Waals surface area contributed by atoms with Gasteiger partial charge in [0.15, 0.2) is 8.32 Å². The average molecular weight is 215 g/mol. The third-order valence-electron chi connectivity index (χ3n) is 2.40. The minimum absolute atomic E-state index is 0.155. The van der Waals surface area contributed by atoms with Crippen molar-refractivity contribution in [3.63, 3.8) is 0 Å². The zero-order chi connectivity index (χ0) is 11.0. The van der Waals surface area contributed by atoms with Crippen molar-refractivity contribution >= 4 is 14.2 Å². The Morgan fingerprint density at radius 3 is 2.36 bits per heavy atom. The highest BCUT2D eigenvalue weighted by Gasteiger charge is 2.38. The molecule has 1 aliphatic rings. The second-order valence-corrected chi connectivity index (χ2v) is 9.91. The minimum Gasteiger partial charge on any atom is -0.411 e. The number of carbonyl (C=O) groups excluding carboxylic acids is 1. The third-order valence-corrected chi connectivity index (χ3v) is 3.54. The van der Waals surface area contributed by atoms with Crippen LogP contribution in [0.2, 0.25) is 19.6 Å². The van der Waals surface area contributed by atoms with E-state index in [0.717, 1.165) is 6.42 Å². The molecule has 1 saturated heterocycles. The number of hydrogen-bond acceptors (Lipinski definition) is 2. The molecule has 0 aromatic rings. The first kappa shape index (κ1) is 11.7. The molecule has 0 aliphatic carbocycles. The average Bonchev–Trinajstić information content (AvgIpc) is 2.29. The van der Waals surface area contributed by atoms with Crippen LogP contribution in [0, 0.1) is 0 Å². The van der Waals surface area contributed by atoms with E-state index in [1.54, 1.807) is 0 Å². The smallest absolute Gasteiger partial charge is 0.220 e. The van der Waals surface area contributed by atoms with E-state index in [4.69, 9.17) is 4.43 Å². The molecule has 82 valence electrons. The van der Waals surface area contributed by atoms with E-state index >= 15 is 0 Å². The molecule has 14 heavy (non-hydrogen) atoms. The quantitative estimate of drug-likeness (QED) is 0.730. The van der Waals surface area contributed by atoms with Gasteiger partial charge in [0, 0.05) is 6.42 Å². The first-order valence-corrected chi connectivity index (χ1v) is 8.61. The van der Waals surface area contributed by atoms with Gasteiger partial charge in [-0.05, 0) is 39.9 Å². The molecule has 0 spiro atoms. The SMILES string of the molecule is CC(C)(O[Si](C)(C)C)[C@@H]1CCC(=O)N1. The molecule has 1 aliphatic heterocycles. The molecular weight excluding hydrogens is 194 g/mol. The molecule has 0 radical (unpaired) electrons. The van der Waals surface area contributed by atoms with Crippen LogP contribution in [-0.4, -0.2) is 25.9 Å². The van der Waals surface area contributed by atoms with Crippen molar-refractivity contribution in [3.8, 4) is 0 Å². The fourth-order valence-corrected chi connectivity index (χ4v) is 3.72. The van der Waals surface area contributed by atoms with Crippen LogP contribution in [0.15, 0.2) is 0 Å². The predicted octanol–water partition coefficient (Wildman–Crippen LogP) is 1.90. The van der Waals surface area contributed by atoms with Gasteiger partial charge in [-0.2, -0.15) is 0 Å². The highest BCUT2D eigenvalue weighted by molar-refractivity contribution is 6.69. The lowest BCUT2D eigenvalue weighted by molar-refractivity contribution is -0.120. The van der Waals surface area contributed by atoms with Crippen LogP contribution in [-0.2, 0) is 9.22 Å². The lowest BCUT2D eigenvalue weighted by atomic mass is 9.98. The van der Waals surface area contributed by atoms with Gasteiger partial charge in [0.1, 0.15) is 0 Å². The normalized spacial score (nSPS) is 23.8. The molecule has 0 aromatic carbocycles. The Kier molecular flexibility index (Phi) is 3.06. The van der Waals surface area contributed by atoms with Crippen LogP contribution in [0.1, 0.15) is 26.7 Å². The lowest BCUT2D eigenvalue weighted by Crippen LogP contribution is -2.51. The van der Waals surface area contributed by atoms with E-state index in [0.29, 0.717) is 6.42 Å². The molecular formula is C10H21NO2Si. The summed E-state index contributed by atoms with van der Waals surface area (Å²) >= 11 is 0. The summed E-state index contributed by atoms with van der Waals surface area (Å²) < 4.78 is 6.08. The molecule has 0 unspecified atom stereocenters. The number of carbonyl (C=O) groups is 1. The molecule has 0 aromatic heterocycles. The topological polar surface area (TPSA) is 38.3 Å². The van der Waals surface area contributed by atoms with Crippen molar-refractivity contribution in [2.75, 3.05) is 0 Å². The van der Waals surface area contributed by atoms with Crippen LogP contribution in [0.5, 0.6) is 0 Å². The second-order valence-electron chi connectivity index (χ2n) is 5.48. The molecule has 4 heteroatoms. The maximum absolute atomic E-state index is 11.1. The Morgan fingerprint density at radius 2 is 2.00 bits per heavy atom. The van der Waals surface area contributed by atoms with Gasteiger partial charge in [-0.25, -0.2) is 0 Å². The fraction of sp³-hybridized carbons (Fsp3) is 0.900. The standard InChI is InChI=1S/C10H21NO2Si/c1-10(2,13-14(3,4)5)8-6-7-9(12)11-8/h8H,6-7H2,1-5H3,(H,11,12)/t8-/m0/s1. The maximum Gasteiger partial charge on any atom is 0.220 e. The molecule has 3 nitrogen and oxygen atoms in total. The molecule has 1 rings (SSSR count). The van der Waals surface area contributed by atoms with E-state index in [-0.39, 0.29) is 17.6 Å². The van der Waals surface area contributed by atoms with E-state index in [1.165, 1.54) is 0 Å². The number of amides is 1. The van der Waals surface area contributed by atoms with Crippen LogP contribution in [0.3, 0.4) is 0 Å². The van der Waals surface area contributed by atoms with Crippen molar-refractivity contribution in [1.29, 1.82) is 0 Å². The molecule has 0 bridgehead atoms. The summed E-state index contributed by atoms with van der Waals surface area (Å²) in [6.07, 6.45) is 1.54. The first-order chi connectivity index (χ1) is 6.21. The molecule has 1 heterocycles. The van der Waals surface area contributed by atoms with Gasteiger partial charge in [0.2, 0.25) is 5.91 Å². The summed E-state index contributed by atoms with van der Waals surface area (Å²) in [5.41, 5.74) is -0.226. The Balaban J connectivity index is 2.61. The monoisotopic (exact) mass is 215 g/mol. The van der Waals surface area contributed by atoms with Gasteiger partial charge in [0.05, 0.1) is 11.6 Å². The summed E-state index contributed by atoms with van der Waals surface area (Å²) in [6, 6.07) is 0.182. The van der Waals surface area contributed by atoms with Crippen molar-refractivity contribution in [2.24, 2.45) is 0 Å². The fourth-order valence-electron chi connectivity index (χ4n) is 2.00. The molecule has 0 saturated carbocycles. The molecule has 1 N–H and O–H groups in total. The summed E-state index contributed by atoms with van der Waals surface area (Å²) in [5, 5.41) is 2.98. The molecule has 1 atom stereocenters. The van der Waals surface area contributed by atoms with Gasteiger partial charge in [-0.15, -0.1) is 0 Å². The van der Waals surface area contributed by atoms with Gasteiger partial charge in [-0.3, -0.25) is 4.79 Å². The van der Waals surface area contributed by atoms with Crippen molar-refractivity contribution < 1.29 is 9.22 Å². The predicted molar refractivity (Wildman–Crippen MR) is 59.7 cm³/mol. The van der Waals surface area contributed by atoms with Gasteiger partial charge >= 0.3 is 0 Å². The highest BCUT2D eigenvalue weighted by atomic mass is 28.4.